The van der Waals surface area contributed by atoms with Crippen molar-refractivity contribution < 1.29 is 17.9 Å². The molecule has 0 amide bonds. The number of hydrogen-bond acceptors (Lipinski definition) is 7. The second kappa shape index (κ2) is 8.65. The van der Waals surface area contributed by atoms with Crippen molar-refractivity contribution in [3.8, 4) is 11.3 Å². The van der Waals surface area contributed by atoms with Crippen LogP contribution in [-0.4, -0.2) is 67.8 Å². The van der Waals surface area contributed by atoms with Gasteiger partial charge >= 0.3 is 0 Å². The number of nitrogens with zero attached hydrogens (tertiary/aromatic N) is 5. The molecule has 2 N–H and O–H groups in total. The van der Waals surface area contributed by atoms with Gasteiger partial charge in [0.25, 0.3) is 0 Å². The molecule has 2 fully saturated rings. The van der Waals surface area contributed by atoms with Crippen molar-refractivity contribution in [3.05, 3.63) is 35.0 Å². The fraction of sp³-hybridized carbons (Fsp3) is 0.522. The maximum atomic E-state index is 15.0. The van der Waals surface area contributed by atoms with E-state index in [1.807, 2.05) is 31.4 Å². The lowest BCUT2D eigenvalue weighted by molar-refractivity contribution is 0.0472. The van der Waals surface area contributed by atoms with Gasteiger partial charge in [-0.1, -0.05) is 11.6 Å². The predicted molar refractivity (Wildman–Crippen MR) is 132 cm³/mol. The molecular weight excluding hydrogens is 495 g/mol. The number of hydrogen-bond donors (Lipinski definition) is 2. The van der Waals surface area contributed by atoms with Gasteiger partial charge in [0.1, 0.15) is 11.3 Å². The normalized spacial score (nSPS) is 25.0. The number of aliphatic hydroxyl groups is 1. The molecule has 9 nitrogen and oxygen atoms in total. The molecule has 0 spiro atoms. The molecule has 4 heterocycles. The quantitative estimate of drug-likeness (QED) is 0.527. The Labute approximate surface area is 208 Å². The molecule has 188 valence electrons. The van der Waals surface area contributed by atoms with Crippen molar-refractivity contribution in [2.45, 2.75) is 70.3 Å². The minimum absolute atomic E-state index is 0.0856. The number of nitrogens with one attached hydrogen (secondary N) is 1. The van der Waals surface area contributed by atoms with Crippen molar-refractivity contribution >= 4 is 38.6 Å². The van der Waals surface area contributed by atoms with Crippen molar-refractivity contribution in [1.82, 2.24) is 23.8 Å². The average molecular weight is 523 g/mol. The van der Waals surface area contributed by atoms with Crippen LogP contribution in [0.2, 0.25) is 5.02 Å². The number of aryl methyl sites for hydroxylation is 1. The Hall–Kier alpha value is -2.34. The van der Waals surface area contributed by atoms with Crippen molar-refractivity contribution in [2.75, 3.05) is 11.6 Å². The van der Waals surface area contributed by atoms with E-state index in [-0.39, 0.29) is 23.1 Å². The highest BCUT2D eigenvalue weighted by Gasteiger charge is 2.50. The summed E-state index contributed by atoms with van der Waals surface area (Å²) >= 11 is 6.42. The summed E-state index contributed by atoms with van der Waals surface area (Å²) in [6.45, 7) is 5.85. The standard InChI is InChI=1S/C23H28ClFN6O3S/c1-11(2)30-12(3)27-21-16(25)7-13(8-19(21)30)20-15(24)10-26-23(29-20)28-17-9-14-5-6-18(22(17)32)31(14)35(4,33)34/h7-8,10-11,14,17-18,22,32H,5-6,9H2,1-4H3,(H,26,28,29)/t14-,17?,18+,22+/m1/s1. The van der Waals surface area contributed by atoms with Crippen LogP contribution >= 0.6 is 11.6 Å². The smallest absolute Gasteiger partial charge is 0.223 e. The molecule has 0 aliphatic carbocycles. The van der Waals surface area contributed by atoms with Crippen molar-refractivity contribution in [2.24, 2.45) is 0 Å². The maximum Gasteiger partial charge on any atom is 0.223 e. The van der Waals surface area contributed by atoms with E-state index in [0.29, 0.717) is 47.4 Å². The first-order valence-electron chi connectivity index (χ1n) is 11.6. The van der Waals surface area contributed by atoms with Gasteiger partial charge in [-0.05, 0) is 52.2 Å². The molecule has 0 saturated carbocycles. The predicted octanol–water partition coefficient (Wildman–Crippen LogP) is 3.51. The van der Waals surface area contributed by atoms with Crippen LogP contribution in [0.3, 0.4) is 0 Å². The van der Waals surface area contributed by atoms with Gasteiger partial charge in [0.05, 0.1) is 46.9 Å². The van der Waals surface area contributed by atoms with Crippen LogP contribution in [0.4, 0.5) is 10.3 Å². The summed E-state index contributed by atoms with van der Waals surface area (Å²) in [7, 11) is -3.42. The van der Waals surface area contributed by atoms with E-state index in [0.717, 1.165) is 0 Å². The summed E-state index contributed by atoms with van der Waals surface area (Å²) in [5.74, 6) is 0.477. The zero-order valence-electron chi connectivity index (χ0n) is 19.9. The summed E-state index contributed by atoms with van der Waals surface area (Å²) in [6.07, 6.45) is 3.43. The molecular formula is C23H28ClFN6O3S. The summed E-state index contributed by atoms with van der Waals surface area (Å²) in [5.41, 5.74) is 1.78. The van der Waals surface area contributed by atoms with E-state index in [9.17, 15) is 13.5 Å². The number of anilines is 1. The number of sulfonamides is 1. The largest absolute Gasteiger partial charge is 0.389 e. The molecule has 12 heteroatoms. The van der Waals surface area contributed by atoms with Crippen LogP contribution in [0.15, 0.2) is 18.3 Å². The molecule has 0 radical (unpaired) electrons. The number of piperidine rings is 1. The third-order valence-corrected chi connectivity index (χ3v) is 8.58. The number of halogens is 2. The van der Waals surface area contributed by atoms with Gasteiger partial charge in [-0.3, -0.25) is 0 Å². The van der Waals surface area contributed by atoms with Gasteiger partial charge in [-0.15, -0.1) is 0 Å². The van der Waals surface area contributed by atoms with Crippen molar-refractivity contribution in [1.29, 1.82) is 0 Å². The molecule has 3 aromatic rings. The van der Waals surface area contributed by atoms with Crippen LogP contribution in [0.1, 0.15) is 45.0 Å². The summed E-state index contributed by atoms with van der Waals surface area (Å²) in [5, 5.41) is 14.3. The highest BCUT2D eigenvalue weighted by molar-refractivity contribution is 7.88. The minimum atomic E-state index is -3.42. The lowest BCUT2D eigenvalue weighted by atomic mass is 9.96. The molecule has 2 aliphatic rings. The second-order valence-electron chi connectivity index (χ2n) is 9.71. The molecule has 2 bridgehead atoms. The monoisotopic (exact) mass is 522 g/mol. The van der Waals surface area contributed by atoms with E-state index in [1.165, 1.54) is 22.8 Å². The third-order valence-electron chi connectivity index (χ3n) is 6.97. The lowest BCUT2D eigenvalue weighted by Crippen LogP contribution is -2.58. The van der Waals surface area contributed by atoms with Crippen LogP contribution in [0, 0.1) is 12.7 Å². The van der Waals surface area contributed by atoms with E-state index in [1.54, 1.807) is 0 Å². The summed E-state index contributed by atoms with van der Waals surface area (Å²) < 4.78 is 42.8. The SMILES string of the molecule is Cc1nc2c(F)cc(-c3nc(NC4C[C@H]5CC[C@@H]([C@H]4O)N5S(C)(=O)=O)ncc3Cl)cc2n1C(C)C. The Kier molecular flexibility index (Phi) is 6.02. The molecule has 4 atom stereocenters. The zero-order chi connectivity index (χ0) is 25.2. The Bertz CT molecular complexity index is 1410. The first-order chi connectivity index (χ1) is 16.5. The van der Waals surface area contributed by atoms with E-state index in [2.05, 4.69) is 20.3 Å². The average Bonchev–Trinajstić information content (AvgIpc) is 3.30. The molecule has 2 aliphatic heterocycles. The number of fused-ring (bicyclic) bond motifs is 3. The van der Waals surface area contributed by atoms with Crippen LogP contribution in [0.25, 0.3) is 22.3 Å². The second-order valence-corrected chi connectivity index (χ2v) is 12.0. The first kappa shape index (κ1) is 24.4. The summed E-state index contributed by atoms with van der Waals surface area (Å²) in [4.78, 5) is 13.2. The van der Waals surface area contributed by atoms with Gasteiger partial charge in [-0.25, -0.2) is 27.8 Å². The number of aromatic nitrogens is 4. The van der Waals surface area contributed by atoms with Gasteiger partial charge in [0.2, 0.25) is 16.0 Å². The van der Waals surface area contributed by atoms with Gasteiger partial charge in [0, 0.05) is 17.6 Å². The van der Waals surface area contributed by atoms with Gasteiger partial charge < -0.3 is 15.0 Å². The maximum absolute atomic E-state index is 15.0. The molecule has 35 heavy (non-hydrogen) atoms. The van der Waals surface area contributed by atoms with Gasteiger partial charge in [-0.2, -0.15) is 4.31 Å². The third kappa shape index (κ3) is 4.18. The van der Waals surface area contributed by atoms with Gasteiger partial charge in [0.15, 0.2) is 5.82 Å². The topological polar surface area (TPSA) is 113 Å². The Morgan fingerprint density at radius 3 is 2.69 bits per heavy atom. The summed E-state index contributed by atoms with van der Waals surface area (Å²) in [6, 6.07) is 2.17. The Balaban J connectivity index is 1.48. The number of imidazole rings is 1. The molecule has 2 aromatic heterocycles. The van der Waals surface area contributed by atoms with E-state index < -0.39 is 34.0 Å². The number of aliphatic hydroxyl groups excluding tert-OH is 1. The van der Waals surface area contributed by atoms with Crippen molar-refractivity contribution in [3.63, 3.8) is 0 Å². The van der Waals surface area contributed by atoms with E-state index >= 15 is 4.39 Å². The molecule has 1 aromatic carbocycles. The van der Waals surface area contributed by atoms with Crippen LogP contribution in [-0.2, 0) is 10.0 Å². The Morgan fingerprint density at radius 1 is 1.26 bits per heavy atom. The lowest BCUT2D eigenvalue weighted by Gasteiger charge is -2.41. The highest BCUT2D eigenvalue weighted by atomic mass is 35.5. The first-order valence-corrected chi connectivity index (χ1v) is 13.8. The fourth-order valence-electron chi connectivity index (χ4n) is 5.66. The Morgan fingerprint density at radius 2 is 2.00 bits per heavy atom. The highest BCUT2D eigenvalue weighted by Crippen LogP contribution is 2.39. The molecule has 1 unspecified atom stereocenters. The molecule has 2 saturated heterocycles. The van der Waals surface area contributed by atoms with Crippen LogP contribution in [0.5, 0.6) is 0 Å². The molecule has 5 rings (SSSR count). The number of benzene rings is 1. The van der Waals surface area contributed by atoms with E-state index in [4.69, 9.17) is 11.6 Å². The zero-order valence-corrected chi connectivity index (χ0v) is 21.5. The van der Waals surface area contributed by atoms with Crippen LogP contribution < -0.4 is 5.32 Å². The number of rotatable bonds is 5. The minimum Gasteiger partial charge on any atom is -0.389 e. The fourth-order valence-corrected chi connectivity index (χ4v) is 7.31.